The van der Waals surface area contributed by atoms with E-state index in [1.165, 1.54) is 6.92 Å². The van der Waals surface area contributed by atoms with Crippen LogP contribution >= 0.6 is 11.8 Å². The van der Waals surface area contributed by atoms with E-state index in [4.69, 9.17) is 4.74 Å². The Hall–Kier alpha value is -2.06. The van der Waals surface area contributed by atoms with Crippen LogP contribution in [0.25, 0.3) is 0 Å². The number of hydrazone groups is 1. The highest BCUT2D eigenvalue weighted by Crippen LogP contribution is 2.27. The minimum absolute atomic E-state index is 0.244. The first kappa shape index (κ1) is 18.3. The van der Waals surface area contributed by atoms with Gasteiger partial charge in [0, 0.05) is 10.5 Å². The smallest absolute Gasteiger partial charge is 0.435 e. The fraction of sp³-hybridized carbons (Fsp3) is 0.438. The Kier molecular flexibility index (Phi) is 4.91. The number of carbonyl (C=O) groups excluding carboxylic acids is 2. The maximum absolute atomic E-state index is 12.3. The maximum Gasteiger partial charge on any atom is 0.435 e. The number of ether oxygens (including phenoxy) is 1. The molecule has 1 aromatic rings. The van der Waals surface area contributed by atoms with Gasteiger partial charge in [0.25, 0.3) is 5.91 Å². The predicted molar refractivity (Wildman–Crippen MR) is 91.2 cm³/mol. The van der Waals surface area contributed by atoms with E-state index in [1.54, 1.807) is 44.7 Å². The normalized spacial score (nSPS) is 20.4. The van der Waals surface area contributed by atoms with Crippen LogP contribution in [0.3, 0.4) is 0 Å². The lowest BCUT2D eigenvalue weighted by Gasteiger charge is -2.33. The number of nitrogens with zero attached hydrogens (tertiary/aromatic N) is 2. The molecule has 1 aromatic carbocycles. The molecule has 2 rings (SSSR count). The van der Waals surface area contributed by atoms with Crippen LogP contribution in [0.5, 0.6) is 0 Å². The molecule has 0 bridgehead atoms. The standard InChI is InChI=1S/C16H21N3O4S/c1-15(2,3)23-14(21)19(22)16(4)12(17-18-13(16)20)10-6-8-11(24-5)9-7-10/h6-9,22H,1-5H3,(H,18,20). The van der Waals surface area contributed by atoms with Crippen molar-refractivity contribution >= 4 is 29.5 Å². The van der Waals surface area contributed by atoms with Crippen molar-refractivity contribution in [2.45, 2.75) is 43.7 Å². The summed E-state index contributed by atoms with van der Waals surface area (Å²) in [5.41, 5.74) is 0.704. The van der Waals surface area contributed by atoms with E-state index >= 15 is 0 Å². The van der Waals surface area contributed by atoms with Crippen molar-refractivity contribution in [3.05, 3.63) is 29.8 Å². The summed E-state index contributed by atoms with van der Waals surface area (Å²) in [5, 5.41) is 14.6. The van der Waals surface area contributed by atoms with Crippen LogP contribution < -0.4 is 5.43 Å². The lowest BCUT2D eigenvalue weighted by molar-refractivity contribution is -0.155. The minimum Gasteiger partial charge on any atom is -0.442 e. The monoisotopic (exact) mass is 351 g/mol. The fourth-order valence-corrected chi connectivity index (χ4v) is 2.62. The van der Waals surface area contributed by atoms with Crippen LogP contribution in [0.2, 0.25) is 0 Å². The first-order valence-electron chi connectivity index (χ1n) is 7.34. The molecule has 0 saturated heterocycles. The van der Waals surface area contributed by atoms with E-state index in [0.29, 0.717) is 10.6 Å². The van der Waals surface area contributed by atoms with Gasteiger partial charge in [-0.3, -0.25) is 10.0 Å². The van der Waals surface area contributed by atoms with E-state index in [0.717, 1.165) is 4.90 Å². The lowest BCUT2D eigenvalue weighted by atomic mass is 9.90. The minimum atomic E-state index is -1.68. The van der Waals surface area contributed by atoms with Gasteiger partial charge in [0.2, 0.25) is 0 Å². The zero-order valence-electron chi connectivity index (χ0n) is 14.3. The summed E-state index contributed by atoms with van der Waals surface area (Å²) >= 11 is 1.58. The van der Waals surface area contributed by atoms with Gasteiger partial charge >= 0.3 is 6.09 Å². The molecular formula is C16H21N3O4S. The molecule has 24 heavy (non-hydrogen) atoms. The molecule has 0 radical (unpaired) electrons. The third-order valence-corrected chi connectivity index (χ3v) is 4.27. The summed E-state index contributed by atoms with van der Waals surface area (Å²) < 4.78 is 5.14. The summed E-state index contributed by atoms with van der Waals surface area (Å²) in [6.45, 7) is 6.43. The highest BCUT2D eigenvalue weighted by molar-refractivity contribution is 7.98. The molecule has 0 aromatic heterocycles. The fourth-order valence-electron chi connectivity index (χ4n) is 2.21. The number of hydrogen-bond acceptors (Lipinski definition) is 6. The molecule has 0 aliphatic carbocycles. The van der Waals surface area contributed by atoms with Gasteiger partial charge in [-0.2, -0.15) is 10.2 Å². The van der Waals surface area contributed by atoms with Crippen LogP contribution in [0.15, 0.2) is 34.3 Å². The lowest BCUT2D eigenvalue weighted by Crippen LogP contribution is -2.59. The molecule has 130 valence electrons. The summed E-state index contributed by atoms with van der Waals surface area (Å²) in [6, 6.07) is 7.32. The number of hydroxylamine groups is 2. The second kappa shape index (κ2) is 6.45. The van der Waals surface area contributed by atoms with E-state index in [2.05, 4.69) is 10.5 Å². The van der Waals surface area contributed by atoms with E-state index in [-0.39, 0.29) is 5.71 Å². The van der Waals surface area contributed by atoms with Gasteiger partial charge in [0.05, 0.1) is 0 Å². The third-order valence-electron chi connectivity index (χ3n) is 3.53. The van der Waals surface area contributed by atoms with Crippen molar-refractivity contribution in [1.82, 2.24) is 10.5 Å². The summed E-state index contributed by atoms with van der Waals surface area (Å²) in [5.74, 6) is -0.611. The first-order valence-corrected chi connectivity index (χ1v) is 8.57. The van der Waals surface area contributed by atoms with Gasteiger partial charge in [-0.1, -0.05) is 12.1 Å². The Morgan fingerprint density at radius 2 is 1.92 bits per heavy atom. The van der Waals surface area contributed by atoms with Gasteiger partial charge in [-0.05, 0) is 46.1 Å². The summed E-state index contributed by atoms with van der Waals surface area (Å²) in [6.07, 6.45) is 0.936. The number of amides is 2. The first-order chi connectivity index (χ1) is 11.1. The zero-order chi connectivity index (χ0) is 18.1. The van der Waals surface area contributed by atoms with E-state index in [1.807, 2.05) is 18.4 Å². The molecule has 1 aliphatic rings. The maximum atomic E-state index is 12.3. The molecule has 0 saturated carbocycles. The number of hydrogen-bond donors (Lipinski definition) is 2. The number of benzene rings is 1. The SMILES string of the molecule is CSc1ccc(C2=NNC(=O)C2(C)N(O)C(=O)OC(C)(C)C)cc1. The average molecular weight is 351 g/mol. The number of nitrogens with one attached hydrogen (secondary N) is 1. The van der Waals surface area contributed by atoms with Crippen molar-refractivity contribution in [3.8, 4) is 0 Å². The number of thioether (sulfide) groups is 1. The molecule has 0 fully saturated rings. The van der Waals surface area contributed by atoms with E-state index < -0.39 is 23.1 Å². The van der Waals surface area contributed by atoms with Crippen LogP contribution in [-0.2, 0) is 9.53 Å². The summed E-state index contributed by atoms with van der Waals surface area (Å²) in [4.78, 5) is 25.5. The van der Waals surface area contributed by atoms with Gasteiger partial charge in [-0.25, -0.2) is 10.2 Å². The highest BCUT2D eigenvalue weighted by Gasteiger charge is 2.52. The number of rotatable bonds is 3. The van der Waals surface area contributed by atoms with Crippen molar-refractivity contribution in [2.75, 3.05) is 6.26 Å². The predicted octanol–water partition coefficient (Wildman–Crippen LogP) is 2.63. The number of carbonyl (C=O) groups is 2. The van der Waals surface area contributed by atoms with Crippen LogP contribution in [0, 0.1) is 0 Å². The average Bonchev–Trinajstić information content (AvgIpc) is 2.81. The molecule has 1 heterocycles. The van der Waals surface area contributed by atoms with Crippen molar-refractivity contribution < 1.29 is 19.5 Å². The highest BCUT2D eigenvalue weighted by atomic mass is 32.2. The third kappa shape index (κ3) is 3.39. The van der Waals surface area contributed by atoms with Gasteiger partial charge in [0.1, 0.15) is 11.3 Å². The molecule has 1 unspecified atom stereocenters. The molecule has 0 spiro atoms. The second-order valence-electron chi connectivity index (χ2n) is 6.49. The molecule has 7 nitrogen and oxygen atoms in total. The Morgan fingerprint density at radius 3 is 2.42 bits per heavy atom. The Morgan fingerprint density at radius 1 is 1.33 bits per heavy atom. The quantitative estimate of drug-likeness (QED) is 0.496. The van der Waals surface area contributed by atoms with E-state index in [9.17, 15) is 14.8 Å². The van der Waals surface area contributed by atoms with Gasteiger partial charge in [-0.15, -0.1) is 11.8 Å². The van der Waals surface area contributed by atoms with Gasteiger partial charge < -0.3 is 4.74 Å². The van der Waals surface area contributed by atoms with Crippen molar-refractivity contribution in [2.24, 2.45) is 5.10 Å². The largest absolute Gasteiger partial charge is 0.442 e. The zero-order valence-corrected chi connectivity index (χ0v) is 15.1. The molecule has 2 amide bonds. The molecule has 8 heteroatoms. The second-order valence-corrected chi connectivity index (χ2v) is 7.37. The summed E-state index contributed by atoms with van der Waals surface area (Å²) in [7, 11) is 0. The Balaban J connectivity index is 2.35. The van der Waals surface area contributed by atoms with Crippen LogP contribution in [0.4, 0.5) is 4.79 Å². The van der Waals surface area contributed by atoms with Crippen LogP contribution in [-0.4, -0.2) is 45.4 Å². The Labute approximate surface area is 145 Å². The van der Waals surface area contributed by atoms with Crippen molar-refractivity contribution in [3.63, 3.8) is 0 Å². The molecule has 1 aliphatic heterocycles. The molecule has 2 N–H and O–H groups in total. The molecule has 1 atom stereocenters. The van der Waals surface area contributed by atoms with Gasteiger partial charge in [0.15, 0.2) is 5.54 Å². The Bertz CT molecular complexity index is 682. The molecular weight excluding hydrogens is 330 g/mol. The van der Waals surface area contributed by atoms with Crippen LogP contribution in [0.1, 0.15) is 33.3 Å². The van der Waals surface area contributed by atoms with Crippen molar-refractivity contribution in [1.29, 1.82) is 0 Å². The topological polar surface area (TPSA) is 91.2 Å².